The smallest absolute Gasteiger partial charge is 0.292 e. The summed E-state index contributed by atoms with van der Waals surface area (Å²) in [5.41, 5.74) is 1.02. The zero-order chi connectivity index (χ0) is 15.4. The first-order chi connectivity index (χ1) is 9.99. The van der Waals surface area contributed by atoms with Gasteiger partial charge in [0.15, 0.2) is 0 Å². The van der Waals surface area contributed by atoms with Crippen molar-refractivity contribution in [2.45, 2.75) is 13.0 Å². The van der Waals surface area contributed by atoms with Gasteiger partial charge in [-0.1, -0.05) is 24.3 Å². The average molecular weight is 287 g/mol. The maximum Gasteiger partial charge on any atom is 0.292 e. The van der Waals surface area contributed by atoms with Crippen molar-refractivity contribution in [1.29, 1.82) is 0 Å². The summed E-state index contributed by atoms with van der Waals surface area (Å²) in [6.45, 7) is 1.79. The fourth-order valence-corrected chi connectivity index (χ4v) is 1.98. The molecule has 0 heterocycles. The van der Waals surface area contributed by atoms with Gasteiger partial charge in [0, 0.05) is 24.2 Å². The first kappa shape index (κ1) is 14.4. The first-order valence-corrected chi connectivity index (χ1v) is 6.23. The highest BCUT2D eigenvalue weighted by molar-refractivity contribution is 5.62. The Bertz CT molecular complexity index is 687. The molecule has 0 radical (unpaired) electrons. The van der Waals surface area contributed by atoms with Crippen LogP contribution >= 0.6 is 0 Å². The molecule has 2 aromatic carbocycles. The second-order valence-electron chi connectivity index (χ2n) is 4.49. The number of nitrogens with one attached hydrogen (secondary N) is 1. The summed E-state index contributed by atoms with van der Waals surface area (Å²) in [5.74, 6) is 0. The Balaban J connectivity index is 2.26. The summed E-state index contributed by atoms with van der Waals surface area (Å²) in [7, 11) is 0. The van der Waals surface area contributed by atoms with E-state index in [-0.39, 0.29) is 17.4 Å². The lowest BCUT2D eigenvalue weighted by Crippen LogP contribution is -2.08. The Morgan fingerprint density at radius 1 is 1.00 bits per heavy atom. The van der Waals surface area contributed by atoms with Crippen LogP contribution in [0.3, 0.4) is 0 Å². The minimum absolute atomic E-state index is 0.0105. The highest BCUT2D eigenvalue weighted by Gasteiger charge is 2.16. The highest BCUT2D eigenvalue weighted by Crippen LogP contribution is 2.28. The van der Waals surface area contributed by atoms with Crippen LogP contribution in [0.25, 0.3) is 0 Å². The third kappa shape index (κ3) is 3.33. The molecule has 1 unspecified atom stereocenters. The number of anilines is 1. The molecule has 108 valence electrons. The van der Waals surface area contributed by atoms with Crippen LogP contribution in [0.1, 0.15) is 18.5 Å². The van der Waals surface area contributed by atoms with Crippen molar-refractivity contribution in [3.8, 4) is 0 Å². The van der Waals surface area contributed by atoms with E-state index in [1.165, 1.54) is 18.2 Å². The van der Waals surface area contributed by atoms with E-state index in [4.69, 9.17) is 0 Å². The van der Waals surface area contributed by atoms with E-state index in [2.05, 4.69) is 5.32 Å². The van der Waals surface area contributed by atoms with Gasteiger partial charge in [-0.2, -0.15) is 0 Å². The van der Waals surface area contributed by atoms with E-state index in [9.17, 15) is 20.2 Å². The fraction of sp³-hybridized carbons (Fsp3) is 0.143. The molecular formula is C14H13N3O4. The molecule has 0 bridgehead atoms. The largest absolute Gasteiger partial charge is 0.373 e. The third-order valence-electron chi connectivity index (χ3n) is 3.05. The molecule has 2 aromatic rings. The van der Waals surface area contributed by atoms with Crippen molar-refractivity contribution >= 4 is 17.1 Å². The fourth-order valence-electron chi connectivity index (χ4n) is 1.98. The summed E-state index contributed by atoms with van der Waals surface area (Å²) < 4.78 is 0. The Labute approximate surface area is 120 Å². The van der Waals surface area contributed by atoms with Crippen LogP contribution in [-0.4, -0.2) is 9.85 Å². The minimum Gasteiger partial charge on any atom is -0.373 e. The van der Waals surface area contributed by atoms with Crippen LogP contribution in [0.4, 0.5) is 17.1 Å². The molecule has 7 heteroatoms. The van der Waals surface area contributed by atoms with Gasteiger partial charge in [0.05, 0.1) is 9.85 Å². The lowest BCUT2D eigenvalue weighted by molar-refractivity contribution is -0.384. The molecule has 0 spiro atoms. The van der Waals surface area contributed by atoms with Gasteiger partial charge < -0.3 is 5.32 Å². The Kier molecular flexibility index (Phi) is 4.13. The second kappa shape index (κ2) is 6.00. The number of hydrogen-bond donors (Lipinski definition) is 1. The number of para-hydroxylation sites is 2. The normalized spacial score (nSPS) is 11.7. The lowest BCUT2D eigenvalue weighted by atomic mass is 10.1. The quantitative estimate of drug-likeness (QED) is 0.668. The number of benzene rings is 2. The zero-order valence-corrected chi connectivity index (χ0v) is 11.2. The van der Waals surface area contributed by atoms with Gasteiger partial charge >= 0.3 is 0 Å². The van der Waals surface area contributed by atoms with Crippen LogP contribution in [0, 0.1) is 20.2 Å². The Hall–Kier alpha value is -2.96. The number of nitro groups is 2. The molecule has 0 aromatic heterocycles. The molecule has 0 aliphatic heterocycles. The van der Waals surface area contributed by atoms with E-state index in [0.29, 0.717) is 11.3 Å². The van der Waals surface area contributed by atoms with Gasteiger partial charge in [-0.15, -0.1) is 0 Å². The molecule has 7 nitrogen and oxygen atoms in total. The van der Waals surface area contributed by atoms with Crippen molar-refractivity contribution in [2.75, 3.05) is 5.32 Å². The predicted octanol–water partition coefficient (Wildman–Crippen LogP) is 3.68. The summed E-state index contributed by atoms with van der Waals surface area (Å²) >= 11 is 0. The van der Waals surface area contributed by atoms with Gasteiger partial charge in [-0.25, -0.2) is 0 Å². The summed E-state index contributed by atoms with van der Waals surface area (Å²) in [4.78, 5) is 20.8. The highest BCUT2D eigenvalue weighted by atomic mass is 16.6. The van der Waals surface area contributed by atoms with Crippen LogP contribution in [0.15, 0.2) is 48.5 Å². The predicted molar refractivity (Wildman–Crippen MR) is 78.2 cm³/mol. The van der Waals surface area contributed by atoms with Gasteiger partial charge in [0.1, 0.15) is 5.69 Å². The number of nitrogens with zero attached hydrogens (tertiary/aromatic N) is 2. The van der Waals surface area contributed by atoms with Gasteiger partial charge in [0.2, 0.25) is 0 Å². The van der Waals surface area contributed by atoms with Crippen molar-refractivity contribution in [2.24, 2.45) is 0 Å². The van der Waals surface area contributed by atoms with Gasteiger partial charge in [-0.05, 0) is 18.6 Å². The number of rotatable bonds is 5. The lowest BCUT2D eigenvalue weighted by Gasteiger charge is -2.15. The number of nitro benzene ring substituents is 2. The molecule has 21 heavy (non-hydrogen) atoms. The molecule has 1 atom stereocenters. The molecule has 0 saturated carbocycles. The molecule has 0 aliphatic carbocycles. The van der Waals surface area contributed by atoms with E-state index >= 15 is 0 Å². The van der Waals surface area contributed by atoms with Crippen molar-refractivity contribution in [1.82, 2.24) is 0 Å². The van der Waals surface area contributed by atoms with E-state index in [0.717, 1.165) is 0 Å². The molecule has 0 amide bonds. The maximum atomic E-state index is 11.0. The van der Waals surface area contributed by atoms with E-state index in [1.54, 1.807) is 37.3 Å². The van der Waals surface area contributed by atoms with E-state index < -0.39 is 9.85 Å². The minimum atomic E-state index is -0.471. The van der Waals surface area contributed by atoms with Crippen LogP contribution in [0.5, 0.6) is 0 Å². The average Bonchev–Trinajstić information content (AvgIpc) is 2.47. The molecule has 1 N–H and O–H groups in total. The monoisotopic (exact) mass is 287 g/mol. The Morgan fingerprint density at radius 2 is 1.71 bits per heavy atom. The first-order valence-electron chi connectivity index (χ1n) is 6.23. The maximum absolute atomic E-state index is 11.0. The third-order valence-corrected chi connectivity index (χ3v) is 3.05. The van der Waals surface area contributed by atoms with Crippen LogP contribution < -0.4 is 5.32 Å². The SMILES string of the molecule is CC(Nc1ccccc1[N+](=O)[O-])c1cccc([N+](=O)[O-])c1. The zero-order valence-electron chi connectivity index (χ0n) is 11.2. The topological polar surface area (TPSA) is 98.3 Å². The number of non-ortho nitro benzene ring substituents is 1. The van der Waals surface area contributed by atoms with Crippen LogP contribution in [-0.2, 0) is 0 Å². The molecule has 0 aliphatic rings. The molecule has 0 saturated heterocycles. The van der Waals surface area contributed by atoms with Gasteiger partial charge in [0.25, 0.3) is 11.4 Å². The summed E-state index contributed by atoms with van der Waals surface area (Å²) in [6, 6.07) is 12.2. The van der Waals surface area contributed by atoms with E-state index in [1.807, 2.05) is 0 Å². The van der Waals surface area contributed by atoms with Crippen molar-refractivity contribution < 1.29 is 9.85 Å². The molecule has 0 fully saturated rings. The van der Waals surface area contributed by atoms with Gasteiger partial charge in [-0.3, -0.25) is 20.2 Å². The second-order valence-corrected chi connectivity index (χ2v) is 4.49. The van der Waals surface area contributed by atoms with Crippen molar-refractivity contribution in [3.63, 3.8) is 0 Å². The summed E-state index contributed by atoms with van der Waals surface area (Å²) in [6.07, 6.45) is 0. The molecule has 2 rings (SSSR count). The Morgan fingerprint density at radius 3 is 2.38 bits per heavy atom. The standard InChI is InChI=1S/C14H13N3O4/c1-10(11-5-4-6-12(9-11)16(18)19)15-13-7-2-3-8-14(13)17(20)21/h2-10,15H,1H3. The summed E-state index contributed by atoms with van der Waals surface area (Å²) in [5, 5.41) is 24.7. The van der Waals surface area contributed by atoms with Crippen LogP contribution in [0.2, 0.25) is 0 Å². The van der Waals surface area contributed by atoms with Crippen molar-refractivity contribution in [3.05, 3.63) is 74.3 Å². The molecular weight excluding hydrogens is 274 g/mol. The number of hydrogen-bond acceptors (Lipinski definition) is 5.